The van der Waals surface area contributed by atoms with Gasteiger partial charge >= 0.3 is 43.4 Å². The summed E-state index contributed by atoms with van der Waals surface area (Å²) in [7, 11) is 1.52. The summed E-state index contributed by atoms with van der Waals surface area (Å²) in [6, 6.07) is 43.6. The maximum atomic E-state index is 3.44. The van der Waals surface area contributed by atoms with Crippen LogP contribution in [0.4, 0.5) is 0 Å². The third-order valence-electron chi connectivity index (χ3n) is 11.2. The Morgan fingerprint density at radius 3 is 1.02 bits per heavy atom. The molecule has 0 fully saturated rings. The summed E-state index contributed by atoms with van der Waals surface area (Å²) in [5.41, 5.74) is 11.6. The van der Waals surface area contributed by atoms with Gasteiger partial charge in [-0.2, -0.15) is 34.4 Å². The van der Waals surface area contributed by atoms with Gasteiger partial charge in [-0.1, -0.05) is 144 Å². The zero-order valence-corrected chi connectivity index (χ0v) is 42.9. The van der Waals surface area contributed by atoms with E-state index in [1.165, 1.54) is 87.3 Å². The van der Waals surface area contributed by atoms with Gasteiger partial charge < -0.3 is 24.8 Å². The van der Waals surface area contributed by atoms with Crippen LogP contribution < -0.4 is 46.0 Å². The van der Waals surface area contributed by atoms with E-state index in [0.717, 1.165) is 17.2 Å². The second-order valence-electron chi connectivity index (χ2n) is 15.9. The predicted molar refractivity (Wildman–Crippen MR) is 246 cm³/mol. The smallest absolute Gasteiger partial charge is 1.00 e. The van der Waals surface area contributed by atoms with Crippen LogP contribution in [0.25, 0.3) is 21.5 Å². The number of rotatable bonds is 4. The number of allylic oxidation sites excluding steroid dienone is 8. The van der Waals surface area contributed by atoms with Crippen LogP contribution in [-0.4, -0.2) is 0 Å². The van der Waals surface area contributed by atoms with Gasteiger partial charge in [0.1, 0.15) is 0 Å². The number of halogens is 2. The minimum absolute atomic E-state index is 0. The van der Waals surface area contributed by atoms with Crippen LogP contribution >= 0.6 is 17.2 Å². The molecule has 0 N–H and O–H groups in total. The number of benzene rings is 4. The molecule has 0 amide bonds. The predicted octanol–water partition coefficient (Wildman–Crippen LogP) is 7.22. The van der Waals surface area contributed by atoms with Crippen molar-refractivity contribution >= 4 is 59.9 Å². The van der Waals surface area contributed by atoms with E-state index >= 15 is 0 Å². The molecule has 300 valence electrons. The van der Waals surface area contributed by atoms with Crippen molar-refractivity contribution in [2.45, 2.75) is 83.1 Å². The largest absolute Gasteiger partial charge is 2.00 e. The molecule has 0 radical (unpaired) electrons. The first-order valence-corrected chi connectivity index (χ1v) is 21.1. The van der Waals surface area contributed by atoms with Crippen LogP contribution in [0.5, 0.6) is 0 Å². The van der Waals surface area contributed by atoms with E-state index in [9.17, 15) is 0 Å². The van der Waals surface area contributed by atoms with Gasteiger partial charge in [0.05, 0.1) is 0 Å². The van der Waals surface area contributed by atoms with Gasteiger partial charge in [-0.05, 0) is 35.6 Å². The molecule has 0 heterocycles. The number of aryl methyl sites for hydroxylation is 2. The van der Waals surface area contributed by atoms with E-state index in [1.54, 1.807) is 0 Å². The SMILES string of the molecule is CC1=[C-]C(C)(C)C(C)=C1C.CC1=[C-]C(C)(C)C(C)=C1C.Cc1ccccc1Pc1cc2ccccc2[cH-]1.Cc1ccccc1Pc1cc2ccccc2[cH-]1.[Cl-].[Cl-].[Ti+2].[Ti+2]. The Hall–Kier alpha value is -2.07. The van der Waals surface area contributed by atoms with Gasteiger partial charge in [0.25, 0.3) is 0 Å². The van der Waals surface area contributed by atoms with Crippen LogP contribution in [0.2, 0.25) is 0 Å². The summed E-state index contributed by atoms with van der Waals surface area (Å²) in [6.07, 6.45) is 6.87. The normalized spacial score (nSPS) is 14.9. The van der Waals surface area contributed by atoms with Crippen molar-refractivity contribution in [3.8, 4) is 0 Å². The molecule has 0 aliphatic heterocycles. The second kappa shape index (κ2) is 23.8. The molecule has 0 nitrogen and oxygen atoms in total. The van der Waals surface area contributed by atoms with Crippen LogP contribution in [0.3, 0.4) is 0 Å². The molecule has 0 saturated carbocycles. The Morgan fingerprint density at radius 1 is 0.448 bits per heavy atom. The van der Waals surface area contributed by atoms with E-state index in [1.807, 2.05) is 0 Å². The van der Waals surface area contributed by atoms with Crippen molar-refractivity contribution < 1.29 is 68.2 Å². The molecule has 6 aromatic rings. The third-order valence-corrected chi connectivity index (χ3v) is 14.0. The zero-order chi connectivity index (χ0) is 39.2. The summed E-state index contributed by atoms with van der Waals surface area (Å²) in [5.74, 6) is 0. The first-order chi connectivity index (χ1) is 25.6. The Labute approximate surface area is 396 Å². The summed E-state index contributed by atoms with van der Waals surface area (Å²) in [6.45, 7) is 26.2. The minimum atomic E-state index is 0. The quantitative estimate of drug-likeness (QED) is 0.0997. The summed E-state index contributed by atoms with van der Waals surface area (Å²) < 4.78 is 0. The average molecular weight is 912 g/mol. The Bertz CT molecular complexity index is 2150. The van der Waals surface area contributed by atoms with E-state index in [0.29, 0.717) is 0 Å². The van der Waals surface area contributed by atoms with Gasteiger partial charge in [-0.25, -0.2) is 11.1 Å². The van der Waals surface area contributed by atoms with E-state index in [4.69, 9.17) is 0 Å². The summed E-state index contributed by atoms with van der Waals surface area (Å²) in [4.78, 5) is 0. The first kappa shape index (κ1) is 53.9. The molecule has 6 aromatic carbocycles. The van der Waals surface area contributed by atoms with Crippen LogP contribution in [0, 0.1) is 36.8 Å². The summed E-state index contributed by atoms with van der Waals surface area (Å²) >= 11 is 0. The minimum Gasteiger partial charge on any atom is -1.00 e. The molecule has 58 heavy (non-hydrogen) atoms. The molecular formula is C52H58Cl2P2Ti2-2. The maximum absolute atomic E-state index is 3.44. The Balaban J connectivity index is 0.000000390. The van der Waals surface area contributed by atoms with Crippen LogP contribution in [0.1, 0.15) is 80.4 Å². The molecule has 8 rings (SSSR count). The molecule has 0 bridgehead atoms. The topological polar surface area (TPSA) is 0 Å². The van der Waals surface area contributed by atoms with Gasteiger partial charge in [0.2, 0.25) is 0 Å². The van der Waals surface area contributed by atoms with Crippen molar-refractivity contribution in [1.82, 2.24) is 0 Å². The number of hydrogen-bond donors (Lipinski definition) is 0. The molecule has 2 atom stereocenters. The van der Waals surface area contributed by atoms with Gasteiger partial charge in [-0.15, -0.1) is 94.5 Å². The van der Waals surface area contributed by atoms with Crippen molar-refractivity contribution in [2.24, 2.45) is 10.8 Å². The number of fused-ring (bicyclic) bond motifs is 2. The standard InChI is InChI=1S/2C16H14P.2C10H15.2ClH.2Ti/c2*1-12-6-2-5-9-16(12)17-15-10-13-7-3-4-8-14(13)11-15;2*1-7-6-10(4,5)9(3)8(7)2;;;;/h2*2-11,17H,1H3;2*1-5H3;2*1H;;/q4*-1;;;2*+2/p-2. The van der Waals surface area contributed by atoms with Crippen molar-refractivity contribution in [1.29, 1.82) is 0 Å². The molecule has 2 unspecified atom stereocenters. The van der Waals surface area contributed by atoms with Crippen molar-refractivity contribution in [3.63, 3.8) is 0 Å². The molecule has 0 saturated heterocycles. The molecule has 6 heteroatoms. The van der Waals surface area contributed by atoms with Gasteiger partial charge in [-0.3, -0.25) is 12.2 Å². The molecule has 2 aliphatic carbocycles. The van der Waals surface area contributed by atoms with Gasteiger partial charge in [0, 0.05) is 0 Å². The third kappa shape index (κ3) is 14.0. The fraction of sp³-hybridized carbons (Fsp3) is 0.269. The van der Waals surface area contributed by atoms with E-state index in [2.05, 4.69) is 217 Å². The van der Waals surface area contributed by atoms with Crippen molar-refractivity contribution in [2.75, 3.05) is 0 Å². The second-order valence-corrected chi connectivity index (χ2v) is 18.6. The van der Waals surface area contributed by atoms with E-state index < -0.39 is 0 Å². The first-order valence-electron chi connectivity index (χ1n) is 19.1. The maximum Gasteiger partial charge on any atom is 2.00 e. The Morgan fingerprint density at radius 2 is 0.759 bits per heavy atom. The fourth-order valence-corrected chi connectivity index (χ4v) is 9.45. The molecule has 0 spiro atoms. The summed E-state index contributed by atoms with van der Waals surface area (Å²) in [5, 5.41) is 11.2. The van der Waals surface area contributed by atoms with E-state index in [-0.39, 0.29) is 79.1 Å². The molecule has 2 aliphatic rings. The monoisotopic (exact) mass is 910 g/mol. The Kier molecular flexibility index (Phi) is 22.1. The fourth-order valence-electron chi connectivity index (χ4n) is 7.00. The molecular weight excluding hydrogens is 853 g/mol. The average Bonchev–Trinajstić information content (AvgIpc) is 3.84. The van der Waals surface area contributed by atoms with Crippen LogP contribution in [0.15, 0.2) is 155 Å². The molecule has 0 aromatic heterocycles. The number of hydrogen-bond acceptors (Lipinski definition) is 0. The van der Waals surface area contributed by atoms with Crippen LogP contribution in [-0.2, 0) is 43.4 Å². The zero-order valence-electron chi connectivity index (χ0n) is 36.3. The van der Waals surface area contributed by atoms with Gasteiger partial charge in [0.15, 0.2) is 0 Å². The van der Waals surface area contributed by atoms with Crippen molar-refractivity contribution in [3.05, 3.63) is 178 Å².